The number of amidine groups is 1. The van der Waals surface area contributed by atoms with Crippen molar-refractivity contribution in [2.24, 2.45) is 9.98 Å². The first-order valence-corrected chi connectivity index (χ1v) is 15.5. The van der Waals surface area contributed by atoms with Crippen molar-refractivity contribution in [3.63, 3.8) is 0 Å². The SMILES string of the molecule is C/N=C/c1ccc(CC(=O)NC(=N)SC(=N)CCSCCc2nnc(NC(=O)Cc3ccc(/C=N/C)cc3)s2)cc1. The largest absolute Gasteiger partial charge is 0.305 e. The Labute approximate surface area is 252 Å². The molecule has 0 aliphatic rings. The third-order valence-corrected chi connectivity index (χ3v) is 8.01. The van der Waals surface area contributed by atoms with Crippen LogP contribution in [0.3, 0.4) is 0 Å². The van der Waals surface area contributed by atoms with Crippen molar-refractivity contribution in [1.29, 1.82) is 10.8 Å². The summed E-state index contributed by atoms with van der Waals surface area (Å²) in [5, 5.41) is 31.2. The molecule has 13 heteroatoms. The van der Waals surface area contributed by atoms with E-state index in [-0.39, 0.29) is 29.8 Å². The number of nitrogens with zero attached hydrogens (tertiary/aromatic N) is 4. The van der Waals surface area contributed by atoms with Gasteiger partial charge in [0.15, 0.2) is 5.17 Å². The molecule has 0 fully saturated rings. The maximum Gasteiger partial charge on any atom is 0.230 e. The van der Waals surface area contributed by atoms with Crippen LogP contribution in [0.2, 0.25) is 0 Å². The first-order valence-electron chi connectivity index (χ1n) is 12.7. The highest BCUT2D eigenvalue weighted by Gasteiger charge is 2.11. The molecule has 1 heterocycles. The summed E-state index contributed by atoms with van der Waals surface area (Å²) in [5.74, 6) is 1.08. The number of carbonyl (C=O) groups excluding carboxylic acids is 2. The van der Waals surface area contributed by atoms with E-state index in [0.717, 1.165) is 44.8 Å². The van der Waals surface area contributed by atoms with Crippen LogP contribution in [0.25, 0.3) is 0 Å². The zero-order chi connectivity index (χ0) is 29.5. The second kappa shape index (κ2) is 17.2. The van der Waals surface area contributed by atoms with E-state index in [1.807, 2.05) is 48.5 Å². The molecule has 2 aromatic carbocycles. The summed E-state index contributed by atoms with van der Waals surface area (Å²) in [6, 6.07) is 15.1. The van der Waals surface area contributed by atoms with E-state index in [1.165, 1.54) is 11.3 Å². The van der Waals surface area contributed by atoms with Gasteiger partial charge < -0.3 is 10.6 Å². The van der Waals surface area contributed by atoms with Crippen LogP contribution in [-0.4, -0.2) is 70.3 Å². The van der Waals surface area contributed by atoms with E-state index >= 15 is 0 Å². The summed E-state index contributed by atoms with van der Waals surface area (Å²) in [6.07, 6.45) is 5.11. The second-order valence-corrected chi connectivity index (χ2v) is 12.1. The van der Waals surface area contributed by atoms with Crippen LogP contribution in [0.15, 0.2) is 58.5 Å². The zero-order valence-electron chi connectivity index (χ0n) is 22.8. The van der Waals surface area contributed by atoms with Gasteiger partial charge >= 0.3 is 0 Å². The van der Waals surface area contributed by atoms with E-state index < -0.39 is 0 Å². The Morgan fingerprint density at radius 3 is 2.05 bits per heavy atom. The lowest BCUT2D eigenvalue weighted by atomic mass is 10.1. The number of hydrogen-bond donors (Lipinski definition) is 4. The molecule has 0 radical (unpaired) electrons. The van der Waals surface area contributed by atoms with Crippen LogP contribution in [0.5, 0.6) is 0 Å². The summed E-state index contributed by atoms with van der Waals surface area (Å²) >= 11 is 3.98. The number of aryl methyl sites for hydroxylation is 1. The maximum absolute atomic E-state index is 12.3. The third-order valence-electron chi connectivity index (χ3n) is 5.37. The van der Waals surface area contributed by atoms with Crippen LogP contribution >= 0.6 is 34.9 Å². The van der Waals surface area contributed by atoms with E-state index in [2.05, 4.69) is 30.8 Å². The molecule has 3 aromatic rings. The molecule has 0 spiro atoms. The molecule has 2 amide bonds. The lowest BCUT2D eigenvalue weighted by molar-refractivity contribution is -0.119. The van der Waals surface area contributed by atoms with Crippen molar-refractivity contribution >= 4 is 74.4 Å². The maximum atomic E-state index is 12.3. The Kier molecular flexibility index (Phi) is 13.4. The number of benzene rings is 2. The van der Waals surface area contributed by atoms with Gasteiger partial charge in [0.05, 0.1) is 17.9 Å². The van der Waals surface area contributed by atoms with E-state index in [1.54, 1.807) is 38.3 Å². The van der Waals surface area contributed by atoms with E-state index in [9.17, 15) is 9.59 Å². The number of amides is 2. The molecule has 0 aliphatic carbocycles. The fourth-order valence-corrected chi connectivity index (χ4v) is 6.00. The molecule has 0 atom stereocenters. The molecular weight excluding hydrogens is 577 g/mol. The molecule has 214 valence electrons. The van der Waals surface area contributed by atoms with Gasteiger partial charge in [-0.15, -0.1) is 10.2 Å². The molecule has 0 aliphatic heterocycles. The lowest BCUT2D eigenvalue weighted by Gasteiger charge is -2.07. The van der Waals surface area contributed by atoms with Gasteiger partial charge in [-0.2, -0.15) is 11.8 Å². The van der Waals surface area contributed by atoms with E-state index in [0.29, 0.717) is 28.8 Å². The van der Waals surface area contributed by atoms with Crippen LogP contribution < -0.4 is 10.6 Å². The number of aliphatic imine (C=N–C) groups is 2. The Balaban J connectivity index is 1.27. The van der Waals surface area contributed by atoms with Crippen LogP contribution in [0.4, 0.5) is 5.13 Å². The van der Waals surface area contributed by atoms with Gasteiger partial charge in [-0.05, 0) is 45.5 Å². The Hall–Kier alpha value is -3.68. The first-order chi connectivity index (χ1) is 19.8. The molecule has 1 aromatic heterocycles. The van der Waals surface area contributed by atoms with Gasteiger partial charge in [-0.3, -0.25) is 30.4 Å². The van der Waals surface area contributed by atoms with Gasteiger partial charge in [0.2, 0.25) is 16.9 Å². The number of rotatable bonds is 13. The van der Waals surface area contributed by atoms with Crippen molar-refractivity contribution in [2.75, 3.05) is 30.9 Å². The predicted molar refractivity (Wildman–Crippen MR) is 173 cm³/mol. The highest BCUT2D eigenvalue weighted by Crippen LogP contribution is 2.19. The van der Waals surface area contributed by atoms with Crippen LogP contribution in [0.1, 0.15) is 33.7 Å². The standard InChI is InChI=1S/C28H32N8O2S3/c1-31-17-21-7-3-19(4-8-21)15-24(37)33-27(30)40-23(29)11-13-39-14-12-26-35-36-28(41-26)34-25(38)16-20-5-9-22(10-6-20)18-32-2/h3-10,17-18,29H,11-16H2,1-2H3,(H2,30,33,37)(H,34,36,38)/b29-23?,31-17+,32-18+. The summed E-state index contributed by atoms with van der Waals surface area (Å²) < 4.78 is 0. The van der Waals surface area contributed by atoms with Gasteiger partial charge in [-0.1, -0.05) is 59.9 Å². The van der Waals surface area contributed by atoms with Crippen molar-refractivity contribution < 1.29 is 9.59 Å². The fourth-order valence-electron chi connectivity index (χ4n) is 3.48. The van der Waals surface area contributed by atoms with Crippen LogP contribution in [0, 0.1) is 10.8 Å². The van der Waals surface area contributed by atoms with Crippen molar-refractivity contribution in [1.82, 2.24) is 15.5 Å². The lowest BCUT2D eigenvalue weighted by Crippen LogP contribution is -2.29. The Morgan fingerprint density at radius 2 is 1.46 bits per heavy atom. The fraction of sp³-hybridized carbons (Fsp3) is 0.286. The number of nitrogens with one attached hydrogen (secondary N) is 4. The quantitative estimate of drug-likeness (QED) is 0.127. The molecule has 0 saturated carbocycles. The number of anilines is 1. The molecule has 0 bridgehead atoms. The summed E-state index contributed by atoms with van der Waals surface area (Å²) in [6.45, 7) is 0. The number of carbonyl (C=O) groups is 2. The minimum absolute atomic E-state index is 0.0499. The first kappa shape index (κ1) is 31.8. The Morgan fingerprint density at radius 1 is 0.878 bits per heavy atom. The number of aromatic nitrogens is 2. The minimum Gasteiger partial charge on any atom is -0.305 e. The predicted octanol–water partition coefficient (Wildman–Crippen LogP) is 4.49. The zero-order valence-corrected chi connectivity index (χ0v) is 25.3. The molecule has 0 unspecified atom stereocenters. The van der Waals surface area contributed by atoms with Gasteiger partial charge in [0.25, 0.3) is 0 Å². The molecular formula is C28H32N8O2S3. The molecule has 41 heavy (non-hydrogen) atoms. The minimum atomic E-state index is -0.286. The monoisotopic (exact) mass is 608 g/mol. The number of hydrogen-bond acceptors (Lipinski definition) is 11. The van der Waals surface area contributed by atoms with Crippen LogP contribution in [-0.2, 0) is 28.9 Å². The molecule has 4 N–H and O–H groups in total. The van der Waals surface area contributed by atoms with Gasteiger partial charge in [0, 0.05) is 39.4 Å². The van der Waals surface area contributed by atoms with Crippen molar-refractivity contribution in [3.05, 3.63) is 75.8 Å². The van der Waals surface area contributed by atoms with E-state index in [4.69, 9.17) is 10.8 Å². The smallest absolute Gasteiger partial charge is 0.230 e. The van der Waals surface area contributed by atoms with Crippen molar-refractivity contribution in [2.45, 2.75) is 25.7 Å². The average Bonchev–Trinajstić information content (AvgIpc) is 3.37. The average molecular weight is 609 g/mol. The second-order valence-electron chi connectivity index (χ2n) is 8.68. The molecule has 3 rings (SSSR count). The summed E-state index contributed by atoms with van der Waals surface area (Å²) in [5.41, 5.74) is 3.69. The molecule has 10 nitrogen and oxygen atoms in total. The topological polar surface area (TPSA) is 156 Å². The third kappa shape index (κ3) is 12.2. The van der Waals surface area contributed by atoms with Gasteiger partial charge in [-0.25, -0.2) is 0 Å². The normalized spacial score (nSPS) is 11.2. The highest BCUT2D eigenvalue weighted by molar-refractivity contribution is 8.26. The highest BCUT2D eigenvalue weighted by atomic mass is 32.2. The van der Waals surface area contributed by atoms with Gasteiger partial charge in [0.1, 0.15) is 5.01 Å². The summed E-state index contributed by atoms with van der Waals surface area (Å²) in [4.78, 5) is 32.5. The number of thioether (sulfide) groups is 2. The summed E-state index contributed by atoms with van der Waals surface area (Å²) in [7, 11) is 3.42. The Bertz CT molecular complexity index is 1390. The van der Waals surface area contributed by atoms with Crippen molar-refractivity contribution in [3.8, 4) is 0 Å². The molecule has 0 saturated heterocycles.